The molecule has 0 spiro atoms. The minimum atomic E-state index is -0.583. The smallest absolute Gasteiger partial charge is 0.165 e. The number of nitrogens with two attached hydrogens (primary N) is 1. The van der Waals surface area contributed by atoms with Crippen LogP contribution in [0.1, 0.15) is 5.56 Å². The molecule has 0 aliphatic heterocycles. The van der Waals surface area contributed by atoms with Crippen LogP contribution >= 0.6 is 0 Å². The molecule has 0 saturated heterocycles. The Labute approximate surface area is 86.1 Å². The van der Waals surface area contributed by atoms with Crippen molar-refractivity contribution in [3.8, 4) is 5.75 Å². The van der Waals surface area contributed by atoms with E-state index >= 15 is 0 Å². The van der Waals surface area contributed by atoms with Gasteiger partial charge in [-0.1, -0.05) is 0 Å². The van der Waals surface area contributed by atoms with Crippen molar-refractivity contribution in [3.05, 3.63) is 29.6 Å². The predicted octanol–water partition coefficient (Wildman–Crippen LogP) is 0.467. The normalized spacial score (nSPS) is 10.0. The molecule has 0 radical (unpaired) electrons. The molecular weight excluding hydrogens is 201 g/mol. The monoisotopic (exact) mass is 213 g/mol. The first-order chi connectivity index (χ1) is 7.15. The van der Waals surface area contributed by atoms with Gasteiger partial charge < -0.3 is 15.7 Å². The van der Waals surface area contributed by atoms with Gasteiger partial charge in [0.15, 0.2) is 11.6 Å². The lowest BCUT2D eigenvalue weighted by molar-refractivity contribution is 0.144. The molecule has 0 aliphatic carbocycles. The van der Waals surface area contributed by atoms with Crippen LogP contribution in [0.2, 0.25) is 0 Å². The highest BCUT2D eigenvalue weighted by atomic mass is 19.1. The van der Waals surface area contributed by atoms with Gasteiger partial charge in [-0.2, -0.15) is 0 Å². The van der Waals surface area contributed by atoms with Crippen LogP contribution in [0, 0.1) is 11.2 Å². The van der Waals surface area contributed by atoms with E-state index in [0.29, 0.717) is 5.56 Å². The van der Waals surface area contributed by atoms with Crippen molar-refractivity contribution in [1.29, 1.82) is 5.41 Å². The summed E-state index contributed by atoms with van der Waals surface area (Å²) in [5.74, 6) is -0.714. The highest BCUT2D eigenvalue weighted by molar-refractivity contribution is 5.95. The molecule has 0 amide bonds. The van der Waals surface area contributed by atoms with E-state index in [4.69, 9.17) is 21.1 Å². The van der Waals surface area contributed by atoms with Gasteiger partial charge >= 0.3 is 0 Å². The van der Waals surface area contributed by atoms with E-state index < -0.39 is 5.82 Å². The Morgan fingerprint density at radius 1 is 1.60 bits per heavy atom. The summed E-state index contributed by atoms with van der Waals surface area (Å²) in [5.41, 5.74) is 7.38. The molecule has 0 aliphatic rings. The molecular formula is C9H12FN3O2. The fourth-order valence-corrected chi connectivity index (χ4v) is 0.992. The average molecular weight is 213 g/mol. The summed E-state index contributed by atoms with van der Waals surface area (Å²) in [6.07, 6.45) is 0. The van der Waals surface area contributed by atoms with Gasteiger partial charge in [-0.3, -0.25) is 5.41 Å². The highest BCUT2D eigenvalue weighted by Crippen LogP contribution is 2.17. The molecule has 82 valence electrons. The Morgan fingerprint density at radius 2 is 2.33 bits per heavy atom. The molecule has 1 aromatic carbocycles. The van der Waals surface area contributed by atoms with Gasteiger partial charge in [0.05, 0.1) is 6.54 Å². The molecule has 0 fully saturated rings. The molecule has 5 nitrogen and oxygen atoms in total. The van der Waals surface area contributed by atoms with E-state index in [9.17, 15) is 4.39 Å². The lowest BCUT2D eigenvalue weighted by Gasteiger charge is -2.07. The van der Waals surface area contributed by atoms with E-state index in [1.54, 1.807) is 0 Å². The second kappa shape index (κ2) is 5.28. The number of rotatable bonds is 5. The van der Waals surface area contributed by atoms with Crippen LogP contribution in [-0.4, -0.2) is 24.2 Å². The van der Waals surface area contributed by atoms with Gasteiger partial charge in [-0.25, -0.2) is 9.87 Å². The highest BCUT2D eigenvalue weighted by Gasteiger charge is 2.05. The topological polar surface area (TPSA) is 91.4 Å². The minimum absolute atomic E-state index is 0.0650. The summed E-state index contributed by atoms with van der Waals surface area (Å²) >= 11 is 0. The molecule has 15 heavy (non-hydrogen) atoms. The molecule has 0 aromatic heterocycles. The fourth-order valence-electron chi connectivity index (χ4n) is 0.992. The van der Waals surface area contributed by atoms with Crippen LogP contribution in [0.5, 0.6) is 5.75 Å². The van der Waals surface area contributed by atoms with Gasteiger partial charge in [0.1, 0.15) is 12.4 Å². The minimum Gasteiger partial charge on any atom is -0.489 e. The summed E-state index contributed by atoms with van der Waals surface area (Å²) in [7, 11) is 0. The Bertz CT molecular complexity index is 357. The van der Waals surface area contributed by atoms with E-state index in [1.165, 1.54) is 12.1 Å². The lowest BCUT2D eigenvalue weighted by Crippen LogP contribution is -2.17. The maximum absolute atomic E-state index is 13.3. The van der Waals surface area contributed by atoms with Gasteiger partial charge in [0.2, 0.25) is 0 Å². The largest absolute Gasteiger partial charge is 0.489 e. The standard InChI is InChI=1S/C9H12FN3O2/c10-7-5-6(9(11)12)1-2-8(7)15-4-3-13-14/h1-2,5,13-14H,3-4H2,(H3,11,12). The molecule has 5 N–H and O–H groups in total. The van der Waals surface area contributed by atoms with Gasteiger partial charge in [0, 0.05) is 5.56 Å². The average Bonchev–Trinajstić information content (AvgIpc) is 2.20. The van der Waals surface area contributed by atoms with E-state index in [0.717, 1.165) is 6.07 Å². The fraction of sp³-hybridized carbons (Fsp3) is 0.222. The first-order valence-electron chi connectivity index (χ1n) is 4.29. The van der Waals surface area contributed by atoms with Crippen LogP contribution in [0.3, 0.4) is 0 Å². The third-order valence-electron chi connectivity index (χ3n) is 1.71. The number of nitrogens with one attached hydrogen (secondary N) is 2. The Balaban J connectivity index is 2.70. The number of hydroxylamine groups is 1. The second-order valence-electron chi connectivity index (χ2n) is 2.82. The summed E-state index contributed by atoms with van der Waals surface area (Å²) in [5, 5.41) is 15.4. The quantitative estimate of drug-likeness (QED) is 0.247. The first-order valence-corrected chi connectivity index (χ1v) is 4.29. The number of hydrogen-bond donors (Lipinski definition) is 4. The van der Waals surface area contributed by atoms with Gasteiger partial charge in [0.25, 0.3) is 0 Å². The zero-order valence-corrected chi connectivity index (χ0v) is 7.96. The number of benzene rings is 1. The van der Waals surface area contributed by atoms with Crippen molar-refractivity contribution in [2.45, 2.75) is 0 Å². The van der Waals surface area contributed by atoms with Gasteiger partial charge in [-0.15, -0.1) is 0 Å². The molecule has 6 heteroatoms. The van der Waals surface area contributed by atoms with Crippen LogP contribution in [-0.2, 0) is 0 Å². The van der Waals surface area contributed by atoms with Crippen molar-refractivity contribution in [3.63, 3.8) is 0 Å². The Kier molecular flexibility index (Phi) is 4.02. The molecule has 0 atom stereocenters. The molecule has 0 bridgehead atoms. The molecule has 0 heterocycles. The number of halogens is 1. The van der Waals surface area contributed by atoms with Crippen molar-refractivity contribution >= 4 is 5.84 Å². The zero-order valence-electron chi connectivity index (χ0n) is 7.96. The summed E-state index contributed by atoms with van der Waals surface area (Å²) in [6, 6.07) is 4.01. The summed E-state index contributed by atoms with van der Waals surface area (Å²) in [6.45, 7) is 0.348. The zero-order chi connectivity index (χ0) is 11.3. The molecule has 0 saturated carbocycles. The summed E-state index contributed by atoms with van der Waals surface area (Å²) in [4.78, 5) is 0. The maximum atomic E-state index is 13.3. The lowest BCUT2D eigenvalue weighted by atomic mass is 10.2. The van der Waals surface area contributed by atoms with E-state index in [2.05, 4.69) is 0 Å². The first kappa shape index (κ1) is 11.4. The predicted molar refractivity (Wildman–Crippen MR) is 52.7 cm³/mol. The SMILES string of the molecule is N=C(N)c1ccc(OCCNO)c(F)c1. The van der Waals surface area contributed by atoms with E-state index in [-0.39, 0.29) is 24.7 Å². The van der Waals surface area contributed by atoms with Crippen molar-refractivity contribution < 1.29 is 14.3 Å². The van der Waals surface area contributed by atoms with E-state index in [1.807, 2.05) is 5.48 Å². The molecule has 0 unspecified atom stereocenters. The van der Waals surface area contributed by atoms with Crippen molar-refractivity contribution in [2.75, 3.05) is 13.2 Å². The Morgan fingerprint density at radius 3 is 2.87 bits per heavy atom. The number of nitrogen functional groups attached to an aromatic ring is 1. The van der Waals surface area contributed by atoms with Crippen LogP contribution in [0.25, 0.3) is 0 Å². The van der Waals surface area contributed by atoms with Crippen LogP contribution < -0.4 is 16.0 Å². The summed E-state index contributed by atoms with van der Waals surface area (Å²) < 4.78 is 18.3. The number of ether oxygens (including phenoxy) is 1. The number of amidine groups is 1. The van der Waals surface area contributed by atoms with Crippen LogP contribution in [0.4, 0.5) is 4.39 Å². The van der Waals surface area contributed by atoms with Crippen molar-refractivity contribution in [1.82, 2.24) is 5.48 Å². The second-order valence-corrected chi connectivity index (χ2v) is 2.82. The van der Waals surface area contributed by atoms with Gasteiger partial charge in [-0.05, 0) is 18.2 Å². The maximum Gasteiger partial charge on any atom is 0.165 e. The van der Waals surface area contributed by atoms with Crippen molar-refractivity contribution in [2.24, 2.45) is 5.73 Å². The van der Waals surface area contributed by atoms with Crippen LogP contribution in [0.15, 0.2) is 18.2 Å². The third-order valence-corrected chi connectivity index (χ3v) is 1.71. The number of hydrogen-bond acceptors (Lipinski definition) is 4. The Hall–Kier alpha value is -1.66. The molecule has 1 rings (SSSR count). The molecule has 1 aromatic rings. The third kappa shape index (κ3) is 3.19.